The van der Waals surface area contributed by atoms with Crippen molar-refractivity contribution in [1.82, 2.24) is 10.6 Å². The molecule has 0 saturated carbocycles. The first-order valence-electron chi connectivity index (χ1n) is 5.76. The summed E-state index contributed by atoms with van der Waals surface area (Å²) in [6.07, 6.45) is 0.482. The van der Waals surface area contributed by atoms with Gasteiger partial charge in [-0.25, -0.2) is 0 Å². The van der Waals surface area contributed by atoms with E-state index in [0.717, 1.165) is 11.3 Å². The Morgan fingerprint density at radius 2 is 2.12 bits per heavy atom. The lowest BCUT2D eigenvalue weighted by Gasteiger charge is -2.16. The third-order valence-corrected chi connectivity index (χ3v) is 2.69. The molecule has 0 saturated heterocycles. The first kappa shape index (κ1) is 13.5. The lowest BCUT2D eigenvalue weighted by atomic mass is 10.1. The van der Waals surface area contributed by atoms with Gasteiger partial charge in [-0.05, 0) is 13.0 Å². The van der Waals surface area contributed by atoms with E-state index < -0.39 is 0 Å². The highest BCUT2D eigenvalue weighted by Gasteiger charge is 2.10. The minimum Gasteiger partial charge on any atom is -0.496 e. The van der Waals surface area contributed by atoms with Gasteiger partial charge in [-0.3, -0.25) is 4.79 Å². The second-order valence-electron chi connectivity index (χ2n) is 3.84. The Bertz CT molecular complexity index is 366. The number of methoxy groups -OCH3 is 1. The molecule has 0 aliphatic rings. The van der Waals surface area contributed by atoms with Crippen molar-refractivity contribution in [3.05, 3.63) is 29.8 Å². The molecule has 0 heterocycles. The molecule has 2 N–H and O–H groups in total. The van der Waals surface area contributed by atoms with E-state index in [-0.39, 0.29) is 11.9 Å². The van der Waals surface area contributed by atoms with Crippen LogP contribution in [0.2, 0.25) is 0 Å². The highest BCUT2D eigenvalue weighted by Crippen LogP contribution is 2.23. The first-order valence-corrected chi connectivity index (χ1v) is 5.76. The second kappa shape index (κ2) is 6.91. The van der Waals surface area contributed by atoms with Gasteiger partial charge in [-0.15, -0.1) is 0 Å². The molecule has 4 nitrogen and oxygen atoms in total. The molecule has 0 aliphatic heterocycles. The van der Waals surface area contributed by atoms with Gasteiger partial charge in [0.1, 0.15) is 5.75 Å². The molecule has 1 aromatic rings. The van der Waals surface area contributed by atoms with Gasteiger partial charge in [0, 0.05) is 31.6 Å². The molecular formula is C13H20N2O2. The van der Waals surface area contributed by atoms with Crippen molar-refractivity contribution >= 4 is 5.91 Å². The van der Waals surface area contributed by atoms with Gasteiger partial charge in [0.15, 0.2) is 0 Å². The minimum absolute atomic E-state index is 0.0460. The predicted molar refractivity (Wildman–Crippen MR) is 68.1 cm³/mol. The fourth-order valence-corrected chi connectivity index (χ4v) is 1.66. The zero-order valence-corrected chi connectivity index (χ0v) is 10.6. The van der Waals surface area contributed by atoms with E-state index in [4.69, 9.17) is 4.74 Å². The van der Waals surface area contributed by atoms with Gasteiger partial charge in [-0.1, -0.05) is 18.2 Å². The number of ether oxygens (including phenoxy) is 1. The molecule has 1 unspecified atom stereocenters. The van der Waals surface area contributed by atoms with Crippen LogP contribution in [0.3, 0.4) is 0 Å². The van der Waals surface area contributed by atoms with Crippen molar-refractivity contribution in [2.24, 2.45) is 0 Å². The van der Waals surface area contributed by atoms with Crippen LogP contribution in [0.5, 0.6) is 5.75 Å². The molecule has 1 amide bonds. The maximum Gasteiger partial charge on any atom is 0.221 e. The molecule has 1 atom stereocenters. The molecule has 0 radical (unpaired) electrons. The predicted octanol–water partition coefficient (Wildman–Crippen LogP) is 1.48. The summed E-state index contributed by atoms with van der Waals surface area (Å²) in [5.41, 5.74) is 1.10. The van der Waals surface area contributed by atoms with Gasteiger partial charge < -0.3 is 15.4 Å². The van der Waals surface area contributed by atoms with Crippen molar-refractivity contribution in [1.29, 1.82) is 0 Å². The summed E-state index contributed by atoms with van der Waals surface area (Å²) in [4.78, 5) is 11.1. The first-order chi connectivity index (χ1) is 8.19. The van der Waals surface area contributed by atoms with Crippen molar-refractivity contribution in [2.45, 2.75) is 19.4 Å². The van der Waals surface area contributed by atoms with Crippen LogP contribution in [0.25, 0.3) is 0 Å². The fraction of sp³-hybridized carbons (Fsp3) is 0.462. The molecule has 1 rings (SSSR count). The second-order valence-corrected chi connectivity index (χ2v) is 3.84. The maximum absolute atomic E-state index is 11.1. The monoisotopic (exact) mass is 236 g/mol. The van der Waals surface area contributed by atoms with Crippen LogP contribution in [-0.2, 0) is 4.79 Å². The quantitative estimate of drug-likeness (QED) is 0.786. The Labute approximate surface area is 102 Å². The number of benzene rings is 1. The van der Waals surface area contributed by atoms with Gasteiger partial charge in [-0.2, -0.15) is 0 Å². The van der Waals surface area contributed by atoms with Gasteiger partial charge >= 0.3 is 0 Å². The molecule has 17 heavy (non-hydrogen) atoms. The average molecular weight is 236 g/mol. The number of carbonyl (C=O) groups is 1. The number of hydrogen-bond acceptors (Lipinski definition) is 3. The number of carbonyl (C=O) groups excluding carboxylic acids is 1. The summed E-state index contributed by atoms with van der Waals surface area (Å²) < 4.78 is 5.30. The number of nitrogens with one attached hydrogen (secondary N) is 2. The normalized spacial score (nSPS) is 11.9. The molecule has 1 aromatic carbocycles. The molecule has 4 heteroatoms. The molecule has 0 fully saturated rings. The van der Waals surface area contributed by atoms with Crippen LogP contribution in [0.1, 0.15) is 24.9 Å². The number of amides is 1. The van der Waals surface area contributed by atoms with Gasteiger partial charge in [0.2, 0.25) is 5.91 Å². The lowest BCUT2D eigenvalue weighted by molar-refractivity contribution is -0.120. The highest BCUT2D eigenvalue weighted by atomic mass is 16.5. The summed E-state index contributed by atoms with van der Waals surface area (Å²) >= 11 is 0. The highest BCUT2D eigenvalue weighted by molar-refractivity contribution is 5.75. The summed E-state index contributed by atoms with van der Waals surface area (Å²) in [5, 5.41) is 5.90. The summed E-state index contributed by atoms with van der Waals surface area (Å²) in [5.74, 6) is 0.914. The Morgan fingerprint density at radius 1 is 1.41 bits per heavy atom. The van der Waals surface area contributed by atoms with E-state index in [2.05, 4.69) is 17.6 Å². The molecule has 94 valence electrons. The molecule has 0 aromatic heterocycles. The van der Waals surface area contributed by atoms with Crippen LogP contribution in [0.4, 0.5) is 0 Å². The molecular weight excluding hydrogens is 216 g/mol. The number of hydrogen-bond donors (Lipinski definition) is 2. The fourth-order valence-electron chi connectivity index (χ4n) is 1.66. The summed E-state index contributed by atoms with van der Waals surface area (Å²) in [7, 11) is 3.31. The molecule has 0 aliphatic carbocycles. The SMILES string of the molecule is CNC(=O)CCNC(C)c1ccccc1OC. The van der Waals surface area contributed by atoms with E-state index in [1.807, 2.05) is 24.3 Å². The Balaban J connectivity index is 2.51. The zero-order valence-electron chi connectivity index (χ0n) is 10.6. The lowest BCUT2D eigenvalue weighted by Crippen LogP contribution is -2.26. The van der Waals surface area contributed by atoms with Gasteiger partial charge in [0.05, 0.1) is 7.11 Å². The maximum atomic E-state index is 11.1. The number of para-hydroxylation sites is 1. The topological polar surface area (TPSA) is 50.4 Å². The largest absolute Gasteiger partial charge is 0.496 e. The van der Waals surface area contributed by atoms with Crippen molar-refractivity contribution in [2.75, 3.05) is 20.7 Å². The van der Waals surface area contributed by atoms with E-state index in [1.54, 1.807) is 14.2 Å². The van der Waals surface area contributed by atoms with Crippen molar-refractivity contribution in [3.63, 3.8) is 0 Å². The molecule has 0 spiro atoms. The summed E-state index contributed by atoms with van der Waals surface area (Å²) in [6.45, 7) is 2.71. The molecule has 0 bridgehead atoms. The third-order valence-electron chi connectivity index (χ3n) is 2.69. The minimum atomic E-state index is 0.0460. The van der Waals surface area contributed by atoms with Crippen LogP contribution in [-0.4, -0.2) is 26.6 Å². The van der Waals surface area contributed by atoms with E-state index >= 15 is 0 Å². The van der Waals surface area contributed by atoms with E-state index in [1.165, 1.54) is 0 Å². The Morgan fingerprint density at radius 3 is 2.76 bits per heavy atom. The standard InChI is InChI=1S/C13H20N2O2/c1-10(15-9-8-13(16)14-2)11-6-4-5-7-12(11)17-3/h4-7,10,15H,8-9H2,1-3H3,(H,14,16). The van der Waals surface area contributed by atoms with Gasteiger partial charge in [0.25, 0.3) is 0 Å². The average Bonchev–Trinajstić information content (AvgIpc) is 2.38. The third kappa shape index (κ3) is 4.07. The van der Waals surface area contributed by atoms with Crippen LogP contribution in [0.15, 0.2) is 24.3 Å². The zero-order chi connectivity index (χ0) is 12.7. The van der Waals surface area contributed by atoms with Crippen LogP contribution in [0, 0.1) is 0 Å². The van der Waals surface area contributed by atoms with Crippen molar-refractivity contribution < 1.29 is 9.53 Å². The summed E-state index contributed by atoms with van der Waals surface area (Å²) in [6, 6.07) is 8.05. The van der Waals surface area contributed by atoms with Crippen molar-refractivity contribution in [3.8, 4) is 5.75 Å². The van der Waals surface area contributed by atoms with E-state index in [9.17, 15) is 4.79 Å². The Kier molecular flexibility index (Phi) is 5.49. The van der Waals surface area contributed by atoms with Crippen LogP contribution < -0.4 is 15.4 Å². The van der Waals surface area contributed by atoms with Crippen LogP contribution >= 0.6 is 0 Å². The van der Waals surface area contributed by atoms with E-state index in [0.29, 0.717) is 13.0 Å². The Hall–Kier alpha value is -1.55. The smallest absolute Gasteiger partial charge is 0.221 e. The number of rotatable bonds is 6.